The van der Waals surface area contributed by atoms with Gasteiger partial charge >= 0.3 is 0 Å². The Labute approximate surface area is 184 Å². The highest BCUT2D eigenvalue weighted by Gasteiger charge is 2.22. The first kappa shape index (κ1) is 22.3. The standard InChI is InChI=1S/C22H23ClN4O4/c1-12-6-13(2)8-19(7-12)31-20-10-17(9-18(11-20)27(29)30)24-22(28)16(5)26-15(4)21(23)14(3)25-26/h6-11,16H,1-5H3,(H,24,28). The average molecular weight is 443 g/mol. The average Bonchev–Trinajstić information content (AvgIpc) is 2.93. The second-order valence-corrected chi connectivity index (χ2v) is 7.87. The SMILES string of the molecule is Cc1cc(C)cc(Oc2cc(NC(=O)C(C)n3nc(C)c(Cl)c3C)cc([N+](=O)[O-])c2)c1. The summed E-state index contributed by atoms with van der Waals surface area (Å²) in [4.78, 5) is 23.7. The number of ether oxygens (including phenoxy) is 1. The molecule has 31 heavy (non-hydrogen) atoms. The first-order chi connectivity index (χ1) is 14.5. The van der Waals surface area contributed by atoms with Crippen LogP contribution in [-0.2, 0) is 4.79 Å². The quantitative estimate of drug-likeness (QED) is 0.391. The van der Waals surface area contributed by atoms with Crippen LogP contribution in [-0.4, -0.2) is 20.6 Å². The van der Waals surface area contributed by atoms with Gasteiger partial charge < -0.3 is 10.1 Å². The monoisotopic (exact) mass is 442 g/mol. The summed E-state index contributed by atoms with van der Waals surface area (Å²) in [6, 6.07) is 9.14. The first-order valence-electron chi connectivity index (χ1n) is 9.63. The van der Waals surface area contributed by atoms with Crippen molar-refractivity contribution in [3.63, 3.8) is 0 Å². The van der Waals surface area contributed by atoms with Gasteiger partial charge in [0.25, 0.3) is 5.69 Å². The number of aromatic nitrogens is 2. The number of nitro benzene ring substituents is 1. The third-order valence-corrected chi connectivity index (χ3v) is 5.33. The summed E-state index contributed by atoms with van der Waals surface area (Å²) in [6.07, 6.45) is 0. The number of aryl methyl sites for hydroxylation is 3. The third-order valence-electron chi connectivity index (χ3n) is 4.78. The fourth-order valence-corrected chi connectivity index (χ4v) is 3.45. The van der Waals surface area contributed by atoms with Crippen LogP contribution in [0.4, 0.5) is 11.4 Å². The fraction of sp³-hybridized carbons (Fsp3) is 0.273. The summed E-state index contributed by atoms with van der Waals surface area (Å²) in [5.41, 5.74) is 3.35. The molecule has 1 heterocycles. The van der Waals surface area contributed by atoms with Crippen LogP contribution in [0.1, 0.15) is 35.5 Å². The molecule has 0 bridgehead atoms. The molecular weight excluding hydrogens is 420 g/mol. The van der Waals surface area contributed by atoms with Gasteiger partial charge in [-0.25, -0.2) is 0 Å². The topological polar surface area (TPSA) is 99.3 Å². The van der Waals surface area contributed by atoms with Crippen LogP contribution in [0, 0.1) is 37.8 Å². The van der Waals surface area contributed by atoms with Crippen molar-refractivity contribution in [1.29, 1.82) is 0 Å². The minimum Gasteiger partial charge on any atom is -0.457 e. The van der Waals surface area contributed by atoms with Crippen molar-refractivity contribution in [2.24, 2.45) is 0 Å². The molecule has 0 aliphatic carbocycles. The molecule has 0 aliphatic rings. The van der Waals surface area contributed by atoms with Gasteiger partial charge in [0.05, 0.1) is 33.1 Å². The lowest BCUT2D eigenvalue weighted by molar-refractivity contribution is -0.384. The highest BCUT2D eigenvalue weighted by atomic mass is 35.5. The largest absolute Gasteiger partial charge is 0.457 e. The van der Waals surface area contributed by atoms with E-state index in [2.05, 4.69) is 10.4 Å². The van der Waals surface area contributed by atoms with Gasteiger partial charge in [-0.3, -0.25) is 19.6 Å². The molecule has 9 heteroatoms. The van der Waals surface area contributed by atoms with Crippen molar-refractivity contribution in [2.45, 2.75) is 40.7 Å². The van der Waals surface area contributed by atoms with Crippen molar-refractivity contribution in [1.82, 2.24) is 9.78 Å². The number of rotatable bonds is 6. The van der Waals surface area contributed by atoms with Gasteiger partial charge in [0.2, 0.25) is 5.91 Å². The number of nitrogens with zero attached hydrogens (tertiary/aromatic N) is 3. The summed E-state index contributed by atoms with van der Waals surface area (Å²) in [7, 11) is 0. The molecule has 0 spiro atoms. The Hall–Kier alpha value is -3.39. The highest BCUT2D eigenvalue weighted by molar-refractivity contribution is 6.31. The van der Waals surface area contributed by atoms with Gasteiger partial charge in [-0.2, -0.15) is 5.10 Å². The van der Waals surface area contributed by atoms with Crippen LogP contribution in [0.3, 0.4) is 0 Å². The predicted molar refractivity (Wildman–Crippen MR) is 119 cm³/mol. The maximum Gasteiger partial charge on any atom is 0.275 e. The van der Waals surface area contributed by atoms with Crippen LogP contribution >= 0.6 is 11.6 Å². The van der Waals surface area contributed by atoms with Gasteiger partial charge in [-0.15, -0.1) is 0 Å². The summed E-state index contributed by atoms with van der Waals surface area (Å²) in [6.45, 7) is 9.08. The van der Waals surface area contributed by atoms with E-state index in [0.717, 1.165) is 11.1 Å². The fourth-order valence-electron chi connectivity index (χ4n) is 3.33. The van der Waals surface area contributed by atoms with Crippen molar-refractivity contribution in [3.05, 3.63) is 74.0 Å². The van der Waals surface area contributed by atoms with Gasteiger partial charge in [0, 0.05) is 12.1 Å². The molecule has 0 saturated carbocycles. The van der Waals surface area contributed by atoms with E-state index in [4.69, 9.17) is 16.3 Å². The number of hydrogen-bond donors (Lipinski definition) is 1. The number of carbonyl (C=O) groups excluding carboxylic acids is 1. The number of carbonyl (C=O) groups is 1. The van der Waals surface area contributed by atoms with E-state index in [0.29, 0.717) is 22.2 Å². The van der Waals surface area contributed by atoms with E-state index in [1.807, 2.05) is 32.0 Å². The number of nitrogens with one attached hydrogen (secondary N) is 1. The van der Waals surface area contributed by atoms with E-state index < -0.39 is 11.0 Å². The molecule has 3 rings (SSSR count). The lowest BCUT2D eigenvalue weighted by atomic mass is 10.1. The molecule has 1 atom stereocenters. The molecule has 1 aromatic heterocycles. The molecule has 162 valence electrons. The molecular formula is C22H23ClN4O4. The molecule has 1 unspecified atom stereocenters. The van der Waals surface area contributed by atoms with Crippen molar-refractivity contribution in [3.8, 4) is 11.5 Å². The Morgan fingerprint density at radius 1 is 1.10 bits per heavy atom. The molecule has 0 aliphatic heterocycles. The highest BCUT2D eigenvalue weighted by Crippen LogP contribution is 2.31. The van der Waals surface area contributed by atoms with E-state index in [-0.39, 0.29) is 23.0 Å². The molecule has 3 aromatic rings. The summed E-state index contributed by atoms with van der Waals surface area (Å²) >= 11 is 6.18. The summed E-state index contributed by atoms with van der Waals surface area (Å²) < 4.78 is 7.37. The number of benzene rings is 2. The van der Waals surface area contributed by atoms with E-state index in [9.17, 15) is 14.9 Å². The van der Waals surface area contributed by atoms with Crippen molar-refractivity contribution >= 4 is 28.9 Å². The zero-order valence-electron chi connectivity index (χ0n) is 17.9. The Morgan fingerprint density at radius 3 is 2.26 bits per heavy atom. The zero-order valence-corrected chi connectivity index (χ0v) is 18.6. The van der Waals surface area contributed by atoms with E-state index >= 15 is 0 Å². The van der Waals surface area contributed by atoms with Gasteiger partial charge in [0.1, 0.15) is 17.5 Å². The van der Waals surface area contributed by atoms with E-state index in [1.165, 1.54) is 16.8 Å². The van der Waals surface area contributed by atoms with Gasteiger partial charge in [-0.1, -0.05) is 17.7 Å². The third kappa shape index (κ3) is 5.03. The van der Waals surface area contributed by atoms with Crippen molar-refractivity contribution < 1.29 is 14.5 Å². The van der Waals surface area contributed by atoms with Gasteiger partial charge in [0.15, 0.2) is 0 Å². The Balaban J connectivity index is 1.88. The number of non-ortho nitro benzene ring substituents is 1. The van der Waals surface area contributed by atoms with Gasteiger partial charge in [-0.05, 0) is 57.9 Å². The molecule has 0 radical (unpaired) electrons. The number of nitro groups is 1. The van der Waals surface area contributed by atoms with Crippen molar-refractivity contribution in [2.75, 3.05) is 5.32 Å². The number of halogens is 1. The molecule has 8 nitrogen and oxygen atoms in total. The predicted octanol–water partition coefficient (Wildman–Crippen LogP) is 5.67. The molecule has 2 aromatic carbocycles. The second kappa shape index (κ2) is 8.77. The lowest BCUT2D eigenvalue weighted by Crippen LogP contribution is -2.25. The van der Waals surface area contributed by atoms with Crippen LogP contribution < -0.4 is 10.1 Å². The number of anilines is 1. The van der Waals surface area contributed by atoms with E-state index in [1.54, 1.807) is 26.8 Å². The van der Waals surface area contributed by atoms with Crippen LogP contribution in [0.2, 0.25) is 5.02 Å². The smallest absolute Gasteiger partial charge is 0.275 e. The zero-order chi connectivity index (χ0) is 22.9. The lowest BCUT2D eigenvalue weighted by Gasteiger charge is -2.15. The number of hydrogen-bond acceptors (Lipinski definition) is 5. The summed E-state index contributed by atoms with van der Waals surface area (Å²) in [5, 5.41) is 18.9. The molecule has 0 fully saturated rings. The minimum atomic E-state index is -0.672. The minimum absolute atomic E-state index is 0.195. The Kier molecular flexibility index (Phi) is 6.31. The van der Waals surface area contributed by atoms with Crippen LogP contribution in [0.15, 0.2) is 36.4 Å². The van der Waals surface area contributed by atoms with Crippen LogP contribution in [0.5, 0.6) is 11.5 Å². The number of amides is 1. The summed E-state index contributed by atoms with van der Waals surface area (Å²) in [5.74, 6) is 0.414. The normalized spacial score (nSPS) is 11.8. The maximum absolute atomic E-state index is 12.8. The maximum atomic E-state index is 12.8. The Bertz CT molecular complexity index is 1150. The molecule has 0 saturated heterocycles. The molecule has 1 N–H and O–H groups in total. The Morgan fingerprint density at radius 2 is 1.71 bits per heavy atom. The molecule has 1 amide bonds. The van der Waals surface area contributed by atoms with Crippen LogP contribution in [0.25, 0.3) is 0 Å². The second-order valence-electron chi connectivity index (χ2n) is 7.49. The first-order valence-corrected chi connectivity index (χ1v) is 10.0.